The number of aryl methyl sites for hydroxylation is 1. The highest BCUT2D eigenvalue weighted by Gasteiger charge is 2.23. The largest absolute Gasteiger partial charge is 0.341 e. The number of carbonyl (C=O) groups excluding carboxylic acids is 1. The van der Waals surface area contributed by atoms with Crippen LogP contribution in [0.5, 0.6) is 0 Å². The van der Waals surface area contributed by atoms with Crippen molar-refractivity contribution < 1.29 is 4.79 Å². The molecule has 4 aromatic rings. The Kier molecular flexibility index (Phi) is 5.26. The zero-order chi connectivity index (χ0) is 22.1. The van der Waals surface area contributed by atoms with Crippen molar-refractivity contribution in [3.8, 4) is 33.6 Å². The number of hydrogen-bond acceptors (Lipinski definition) is 5. The standard InChI is InChI=1S/C24H25N7O/c1-17(32)30-8-4-7-23(16-30)31-15-22(13-28-31)20-10-25-24(26-11-20)19-6-3-5-18(9-19)21-12-27-29(2)14-21/h3,5-6,9-15,23H,4,7-8,16H2,1-2H3/t23-/m0/s1. The Morgan fingerprint density at radius 3 is 2.44 bits per heavy atom. The van der Waals surface area contributed by atoms with Crippen LogP contribution in [0.4, 0.5) is 0 Å². The van der Waals surface area contributed by atoms with Crippen molar-refractivity contribution in [3.05, 3.63) is 61.4 Å². The van der Waals surface area contributed by atoms with Crippen molar-refractivity contribution in [2.75, 3.05) is 13.1 Å². The van der Waals surface area contributed by atoms with E-state index < -0.39 is 0 Å². The van der Waals surface area contributed by atoms with Crippen LogP contribution in [0, 0.1) is 0 Å². The molecule has 1 aliphatic heterocycles. The molecule has 1 aliphatic rings. The summed E-state index contributed by atoms with van der Waals surface area (Å²) in [7, 11) is 1.91. The molecule has 1 atom stereocenters. The van der Waals surface area contributed by atoms with Gasteiger partial charge >= 0.3 is 0 Å². The monoisotopic (exact) mass is 427 g/mol. The van der Waals surface area contributed by atoms with Crippen molar-refractivity contribution in [1.82, 2.24) is 34.4 Å². The highest BCUT2D eigenvalue weighted by atomic mass is 16.2. The number of piperidine rings is 1. The number of hydrogen-bond donors (Lipinski definition) is 0. The Labute approximate surface area is 186 Å². The second kappa shape index (κ2) is 8.37. The predicted octanol–water partition coefficient (Wildman–Crippen LogP) is 3.59. The van der Waals surface area contributed by atoms with Gasteiger partial charge in [0.1, 0.15) is 0 Å². The zero-order valence-electron chi connectivity index (χ0n) is 18.2. The third-order valence-corrected chi connectivity index (χ3v) is 5.96. The molecule has 0 unspecified atom stereocenters. The Bertz CT molecular complexity index is 1240. The Balaban J connectivity index is 1.34. The van der Waals surface area contributed by atoms with E-state index in [-0.39, 0.29) is 11.9 Å². The van der Waals surface area contributed by atoms with E-state index in [1.54, 1.807) is 11.6 Å². The summed E-state index contributed by atoms with van der Waals surface area (Å²) < 4.78 is 3.76. The van der Waals surface area contributed by atoms with E-state index in [2.05, 4.69) is 32.3 Å². The highest BCUT2D eigenvalue weighted by molar-refractivity contribution is 5.73. The van der Waals surface area contributed by atoms with Gasteiger partial charge in [0.2, 0.25) is 5.91 Å². The molecule has 0 radical (unpaired) electrons. The average Bonchev–Trinajstić information content (AvgIpc) is 3.49. The topological polar surface area (TPSA) is 81.7 Å². The van der Waals surface area contributed by atoms with E-state index in [0.717, 1.165) is 47.2 Å². The molecule has 32 heavy (non-hydrogen) atoms. The van der Waals surface area contributed by atoms with Gasteiger partial charge in [-0.15, -0.1) is 0 Å². The molecule has 0 aliphatic carbocycles. The van der Waals surface area contributed by atoms with E-state index in [0.29, 0.717) is 12.4 Å². The third kappa shape index (κ3) is 4.03. The second-order valence-corrected chi connectivity index (χ2v) is 8.25. The quantitative estimate of drug-likeness (QED) is 0.497. The summed E-state index contributed by atoms with van der Waals surface area (Å²) in [6, 6.07) is 8.36. The Morgan fingerprint density at radius 2 is 1.69 bits per heavy atom. The summed E-state index contributed by atoms with van der Waals surface area (Å²) in [4.78, 5) is 22.8. The van der Waals surface area contributed by atoms with Crippen LogP contribution >= 0.6 is 0 Å². The molecule has 8 nitrogen and oxygen atoms in total. The lowest BCUT2D eigenvalue weighted by Crippen LogP contribution is -2.39. The average molecular weight is 428 g/mol. The van der Waals surface area contributed by atoms with Crippen LogP contribution in [0.2, 0.25) is 0 Å². The van der Waals surface area contributed by atoms with Gasteiger partial charge in [0, 0.05) is 74.1 Å². The van der Waals surface area contributed by atoms with E-state index >= 15 is 0 Å². The molecule has 0 spiro atoms. The summed E-state index contributed by atoms with van der Waals surface area (Å²) >= 11 is 0. The molecule has 5 rings (SSSR count). The minimum Gasteiger partial charge on any atom is -0.341 e. The first-order valence-electron chi connectivity index (χ1n) is 10.8. The molecule has 1 saturated heterocycles. The molecule has 0 saturated carbocycles. The van der Waals surface area contributed by atoms with Crippen LogP contribution in [0.1, 0.15) is 25.8 Å². The maximum Gasteiger partial charge on any atom is 0.219 e. The zero-order valence-corrected chi connectivity index (χ0v) is 18.2. The van der Waals surface area contributed by atoms with E-state index in [1.165, 1.54) is 0 Å². The first-order valence-corrected chi connectivity index (χ1v) is 10.8. The third-order valence-electron chi connectivity index (χ3n) is 5.96. The molecular weight excluding hydrogens is 402 g/mol. The van der Waals surface area contributed by atoms with E-state index in [4.69, 9.17) is 0 Å². The van der Waals surface area contributed by atoms with Crippen LogP contribution < -0.4 is 0 Å². The Hall–Kier alpha value is -3.81. The lowest BCUT2D eigenvalue weighted by atomic mass is 10.1. The number of benzene rings is 1. The molecule has 1 aromatic carbocycles. The van der Waals surface area contributed by atoms with Gasteiger partial charge in [-0.2, -0.15) is 10.2 Å². The first kappa shape index (κ1) is 20.1. The number of carbonyl (C=O) groups is 1. The number of rotatable bonds is 4. The molecule has 162 valence electrons. The smallest absolute Gasteiger partial charge is 0.219 e. The van der Waals surface area contributed by atoms with E-state index in [1.807, 2.05) is 65.9 Å². The lowest BCUT2D eigenvalue weighted by molar-refractivity contribution is -0.130. The summed E-state index contributed by atoms with van der Waals surface area (Å²) in [6.45, 7) is 3.17. The van der Waals surface area contributed by atoms with Crippen LogP contribution in [-0.2, 0) is 11.8 Å². The Morgan fingerprint density at radius 1 is 0.938 bits per heavy atom. The number of aromatic nitrogens is 6. The fraction of sp³-hybridized carbons (Fsp3) is 0.292. The molecule has 1 fully saturated rings. The van der Waals surface area contributed by atoms with Crippen molar-refractivity contribution in [2.45, 2.75) is 25.8 Å². The van der Waals surface area contributed by atoms with Gasteiger partial charge in [0.25, 0.3) is 0 Å². The molecule has 8 heteroatoms. The van der Waals surface area contributed by atoms with Gasteiger partial charge in [0.05, 0.1) is 18.4 Å². The first-order chi connectivity index (χ1) is 15.6. The maximum absolute atomic E-state index is 11.7. The molecule has 4 heterocycles. The van der Waals surface area contributed by atoms with Crippen molar-refractivity contribution in [3.63, 3.8) is 0 Å². The molecule has 0 bridgehead atoms. The van der Waals surface area contributed by atoms with Crippen molar-refractivity contribution >= 4 is 5.91 Å². The molecular formula is C24H25N7O. The minimum absolute atomic E-state index is 0.124. The van der Waals surface area contributed by atoms with E-state index in [9.17, 15) is 4.79 Å². The normalized spacial score (nSPS) is 16.3. The summed E-state index contributed by atoms with van der Waals surface area (Å²) in [6.07, 6.45) is 13.4. The lowest BCUT2D eigenvalue weighted by Gasteiger charge is -2.32. The fourth-order valence-electron chi connectivity index (χ4n) is 4.18. The van der Waals surface area contributed by atoms with Crippen LogP contribution in [0.3, 0.4) is 0 Å². The number of amides is 1. The number of nitrogens with zero attached hydrogens (tertiary/aromatic N) is 7. The van der Waals surface area contributed by atoms with Gasteiger partial charge < -0.3 is 4.90 Å². The van der Waals surface area contributed by atoms with Gasteiger partial charge in [-0.05, 0) is 24.5 Å². The summed E-state index contributed by atoms with van der Waals surface area (Å²) in [5, 5.41) is 8.80. The van der Waals surface area contributed by atoms with Gasteiger partial charge in [0.15, 0.2) is 5.82 Å². The van der Waals surface area contributed by atoms with Crippen LogP contribution in [0.25, 0.3) is 33.6 Å². The highest BCUT2D eigenvalue weighted by Crippen LogP contribution is 2.27. The van der Waals surface area contributed by atoms with Crippen LogP contribution in [-0.4, -0.2) is 53.4 Å². The predicted molar refractivity (Wildman–Crippen MR) is 121 cm³/mol. The number of likely N-dealkylation sites (tertiary alicyclic amines) is 1. The van der Waals surface area contributed by atoms with Gasteiger partial charge in [-0.3, -0.25) is 14.2 Å². The molecule has 3 aromatic heterocycles. The van der Waals surface area contributed by atoms with Crippen molar-refractivity contribution in [2.24, 2.45) is 7.05 Å². The second-order valence-electron chi connectivity index (χ2n) is 8.25. The maximum atomic E-state index is 11.7. The molecule has 1 amide bonds. The van der Waals surface area contributed by atoms with Crippen molar-refractivity contribution in [1.29, 1.82) is 0 Å². The minimum atomic E-state index is 0.124. The van der Waals surface area contributed by atoms with Gasteiger partial charge in [-0.25, -0.2) is 9.97 Å². The summed E-state index contributed by atoms with van der Waals surface area (Å²) in [5.74, 6) is 0.801. The SMILES string of the molecule is CC(=O)N1CCC[C@H](n2cc(-c3cnc(-c4cccc(-c5cnn(C)c5)c4)nc3)cn2)C1. The van der Waals surface area contributed by atoms with Gasteiger partial charge in [-0.1, -0.05) is 18.2 Å². The fourth-order valence-corrected chi connectivity index (χ4v) is 4.18. The summed E-state index contributed by atoms with van der Waals surface area (Å²) in [5.41, 5.74) is 4.99. The molecule has 0 N–H and O–H groups in total. The van der Waals surface area contributed by atoms with Crippen LogP contribution in [0.15, 0.2) is 61.4 Å².